The summed E-state index contributed by atoms with van der Waals surface area (Å²) in [6.07, 6.45) is -6.57. The van der Waals surface area contributed by atoms with E-state index in [1.165, 1.54) is 0 Å². The van der Waals surface area contributed by atoms with Gasteiger partial charge in [-0.05, 0) is 19.3 Å². The SMILES string of the molecule is COC(C)(C1OCCC(C)C1O)C(F)(F)F. The predicted octanol–water partition coefficient (Wildman–Crippen LogP) is 1.74. The maximum Gasteiger partial charge on any atom is 0.419 e. The van der Waals surface area contributed by atoms with Gasteiger partial charge in [0, 0.05) is 13.7 Å². The zero-order valence-electron chi connectivity index (χ0n) is 9.54. The van der Waals surface area contributed by atoms with Gasteiger partial charge in [0.2, 0.25) is 0 Å². The molecule has 4 atom stereocenters. The van der Waals surface area contributed by atoms with E-state index in [2.05, 4.69) is 4.74 Å². The highest BCUT2D eigenvalue weighted by Crippen LogP contribution is 2.41. The fourth-order valence-corrected chi connectivity index (χ4v) is 1.83. The minimum atomic E-state index is -4.58. The largest absolute Gasteiger partial charge is 0.419 e. The Morgan fingerprint density at radius 3 is 2.38 bits per heavy atom. The molecule has 0 amide bonds. The maximum absolute atomic E-state index is 12.9. The molecule has 1 aliphatic rings. The molecule has 0 bridgehead atoms. The van der Waals surface area contributed by atoms with E-state index < -0.39 is 24.0 Å². The molecule has 1 saturated heterocycles. The molecule has 3 nitrogen and oxygen atoms in total. The van der Waals surface area contributed by atoms with E-state index in [4.69, 9.17) is 4.74 Å². The first-order valence-corrected chi connectivity index (χ1v) is 5.15. The van der Waals surface area contributed by atoms with Crippen LogP contribution in [0.2, 0.25) is 0 Å². The van der Waals surface area contributed by atoms with Gasteiger partial charge in [0.25, 0.3) is 0 Å². The molecule has 16 heavy (non-hydrogen) atoms. The summed E-state index contributed by atoms with van der Waals surface area (Å²) in [4.78, 5) is 0. The van der Waals surface area contributed by atoms with Crippen LogP contribution in [0.3, 0.4) is 0 Å². The lowest BCUT2D eigenvalue weighted by molar-refractivity contribution is -0.318. The van der Waals surface area contributed by atoms with Crippen LogP contribution in [-0.4, -0.2) is 42.8 Å². The van der Waals surface area contributed by atoms with Gasteiger partial charge in [0.05, 0.1) is 6.10 Å². The summed E-state index contributed by atoms with van der Waals surface area (Å²) in [5.74, 6) is -0.226. The molecule has 1 rings (SSSR count). The van der Waals surface area contributed by atoms with Crippen LogP contribution >= 0.6 is 0 Å². The summed E-state index contributed by atoms with van der Waals surface area (Å²) in [7, 11) is 0.975. The Morgan fingerprint density at radius 2 is 1.94 bits per heavy atom. The van der Waals surface area contributed by atoms with Crippen molar-refractivity contribution in [2.75, 3.05) is 13.7 Å². The Balaban J connectivity index is 2.95. The number of hydrogen-bond donors (Lipinski definition) is 1. The fourth-order valence-electron chi connectivity index (χ4n) is 1.83. The molecule has 1 heterocycles. The highest BCUT2D eigenvalue weighted by Gasteiger charge is 2.60. The molecule has 96 valence electrons. The molecule has 0 aromatic carbocycles. The smallest absolute Gasteiger partial charge is 0.390 e. The van der Waals surface area contributed by atoms with E-state index in [-0.39, 0.29) is 12.5 Å². The van der Waals surface area contributed by atoms with Gasteiger partial charge in [-0.3, -0.25) is 0 Å². The molecule has 0 radical (unpaired) electrons. The van der Waals surface area contributed by atoms with Crippen molar-refractivity contribution in [3.63, 3.8) is 0 Å². The maximum atomic E-state index is 12.9. The van der Waals surface area contributed by atoms with Gasteiger partial charge in [-0.25, -0.2) is 0 Å². The summed E-state index contributed by atoms with van der Waals surface area (Å²) in [6.45, 7) is 2.81. The Labute approximate surface area is 92.5 Å². The molecule has 1 aliphatic heterocycles. The van der Waals surface area contributed by atoms with Crippen molar-refractivity contribution in [3.05, 3.63) is 0 Å². The molecule has 0 aromatic rings. The molecule has 6 heteroatoms. The van der Waals surface area contributed by atoms with Crippen molar-refractivity contribution in [1.29, 1.82) is 0 Å². The van der Waals surface area contributed by atoms with Crippen molar-refractivity contribution in [2.24, 2.45) is 5.92 Å². The molecule has 0 aromatic heterocycles. The zero-order chi connectivity index (χ0) is 12.6. The molecule has 1 fully saturated rings. The predicted molar refractivity (Wildman–Crippen MR) is 51.0 cm³/mol. The topological polar surface area (TPSA) is 38.7 Å². The van der Waals surface area contributed by atoms with Crippen molar-refractivity contribution in [3.8, 4) is 0 Å². The Kier molecular flexibility index (Phi) is 3.87. The van der Waals surface area contributed by atoms with Gasteiger partial charge in [0.1, 0.15) is 6.10 Å². The number of halogens is 3. The molecule has 0 aliphatic carbocycles. The minimum absolute atomic E-state index is 0.206. The van der Waals surface area contributed by atoms with Crippen LogP contribution in [0.5, 0.6) is 0 Å². The highest BCUT2D eigenvalue weighted by atomic mass is 19.4. The zero-order valence-corrected chi connectivity index (χ0v) is 9.54. The summed E-state index contributed by atoms with van der Waals surface area (Å²) in [5, 5.41) is 9.76. The van der Waals surface area contributed by atoms with Crippen molar-refractivity contribution in [1.82, 2.24) is 0 Å². The van der Waals surface area contributed by atoms with Crippen LogP contribution in [0.15, 0.2) is 0 Å². The summed E-state index contributed by atoms with van der Waals surface area (Å²) in [5.41, 5.74) is -2.47. The molecule has 0 saturated carbocycles. The molecular formula is C10H17F3O3. The van der Waals surface area contributed by atoms with E-state index in [0.717, 1.165) is 14.0 Å². The van der Waals surface area contributed by atoms with E-state index in [1.54, 1.807) is 6.92 Å². The van der Waals surface area contributed by atoms with E-state index in [0.29, 0.717) is 6.42 Å². The van der Waals surface area contributed by atoms with Crippen LogP contribution in [0, 0.1) is 5.92 Å². The number of methoxy groups -OCH3 is 1. The quantitative estimate of drug-likeness (QED) is 0.801. The molecular weight excluding hydrogens is 225 g/mol. The second kappa shape index (κ2) is 4.50. The summed E-state index contributed by atoms with van der Waals surface area (Å²) >= 11 is 0. The number of alkyl halides is 3. The van der Waals surface area contributed by atoms with Crippen LogP contribution in [-0.2, 0) is 9.47 Å². The standard InChI is InChI=1S/C10H17F3O3/c1-6-4-5-16-8(7(6)14)9(2,15-3)10(11,12)13/h6-8,14H,4-5H2,1-3H3. The van der Waals surface area contributed by atoms with Crippen LogP contribution in [0.4, 0.5) is 13.2 Å². The Hall–Kier alpha value is -0.330. The van der Waals surface area contributed by atoms with Gasteiger partial charge >= 0.3 is 6.18 Å². The number of aliphatic hydroxyl groups is 1. The first kappa shape index (κ1) is 13.7. The average Bonchev–Trinajstić information content (AvgIpc) is 2.19. The number of ether oxygens (including phenoxy) is 2. The lowest BCUT2D eigenvalue weighted by Gasteiger charge is -2.43. The molecule has 4 unspecified atom stereocenters. The van der Waals surface area contributed by atoms with Crippen molar-refractivity contribution in [2.45, 2.75) is 44.3 Å². The lowest BCUT2D eigenvalue weighted by atomic mass is 9.84. The first-order valence-electron chi connectivity index (χ1n) is 5.15. The van der Waals surface area contributed by atoms with E-state index >= 15 is 0 Å². The fraction of sp³-hybridized carbons (Fsp3) is 1.00. The third-order valence-electron chi connectivity index (χ3n) is 3.29. The lowest BCUT2D eigenvalue weighted by Crippen LogP contribution is -2.61. The molecule has 1 N–H and O–H groups in total. The van der Waals surface area contributed by atoms with Gasteiger partial charge in [-0.1, -0.05) is 6.92 Å². The van der Waals surface area contributed by atoms with Gasteiger partial charge < -0.3 is 14.6 Å². The summed E-state index contributed by atoms with van der Waals surface area (Å²) in [6, 6.07) is 0. The number of rotatable bonds is 2. The second-order valence-electron chi connectivity index (χ2n) is 4.36. The van der Waals surface area contributed by atoms with E-state index in [1.807, 2.05) is 0 Å². The van der Waals surface area contributed by atoms with Crippen molar-refractivity contribution < 1.29 is 27.8 Å². The normalized spacial score (nSPS) is 35.8. The number of aliphatic hydroxyl groups excluding tert-OH is 1. The first-order chi connectivity index (χ1) is 7.24. The van der Waals surface area contributed by atoms with Gasteiger partial charge in [0.15, 0.2) is 5.60 Å². The van der Waals surface area contributed by atoms with Crippen molar-refractivity contribution >= 4 is 0 Å². The van der Waals surface area contributed by atoms with E-state index in [9.17, 15) is 18.3 Å². The minimum Gasteiger partial charge on any atom is -0.390 e. The number of hydrogen-bond acceptors (Lipinski definition) is 3. The van der Waals surface area contributed by atoms with Crippen LogP contribution in [0.1, 0.15) is 20.3 Å². The van der Waals surface area contributed by atoms with Crippen LogP contribution in [0.25, 0.3) is 0 Å². The monoisotopic (exact) mass is 242 g/mol. The third kappa shape index (κ3) is 2.19. The Bertz CT molecular complexity index is 244. The second-order valence-corrected chi connectivity index (χ2v) is 4.36. The van der Waals surface area contributed by atoms with Gasteiger partial charge in [-0.15, -0.1) is 0 Å². The third-order valence-corrected chi connectivity index (χ3v) is 3.29. The summed E-state index contributed by atoms with van der Waals surface area (Å²) < 4.78 is 48.2. The Morgan fingerprint density at radius 1 is 1.38 bits per heavy atom. The average molecular weight is 242 g/mol. The molecule has 0 spiro atoms. The van der Waals surface area contributed by atoms with Gasteiger partial charge in [-0.2, -0.15) is 13.2 Å². The van der Waals surface area contributed by atoms with Crippen LogP contribution < -0.4 is 0 Å². The highest BCUT2D eigenvalue weighted by molar-refractivity contribution is 4.98.